The topological polar surface area (TPSA) is 114 Å². The first-order valence-electron chi connectivity index (χ1n) is 12.2. The maximum Gasteiger partial charge on any atom is 0.246 e. The Morgan fingerprint density at radius 1 is 1.05 bits per heavy atom. The Labute approximate surface area is 218 Å². The van der Waals surface area contributed by atoms with Crippen molar-refractivity contribution in [3.63, 3.8) is 0 Å². The van der Waals surface area contributed by atoms with Crippen LogP contribution in [-0.2, 0) is 4.79 Å². The zero-order valence-electron chi connectivity index (χ0n) is 20.8. The van der Waals surface area contributed by atoms with Crippen molar-refractivity contribution in [1.82, 2.24) is 34.2 Å². The summed E-state index contributed by atoms with van der Waals surface area (Å²) in [7, 11) is 0. The Morgan fingerprint density at radius 3 is 2.74 bits per heavy atom. The highest BCUT2D eigenvalue weighted by Gasteiger charge is 2.22. The summed E-state index contributed by atoms with van der Waals surface area (Å²) in [5.74, 6) is 2.56. The molecular weight excluding hydrogens is 482 g/mol. The van der Waals surface area contributed by atoms with E-state index in [1.807, 2.05) is 54.0 Å². The van der Waals surface area contributed by atoms with Gasteiger partial charge in [-0.1, -0.05) is 6.58 Å². The van der Waals surface area contributed by atoms with Crippen LogP contribution in [0.1, 0.15) is 5.56 Å². The standard InChI is InChI=1S/C27H25N9O2/c1-3-24(37)35-10-12-36(13-11-35)27-29-16-21-25(33-27)26(31-17-30-21)32-19-4-5-22(18(2)14-19)38-20-6-8-34-9-7-28-23(34)15-20/h3-9,14-17H,1,10-13H2,2H3,(H,30,31,32). The van der Waals surface area contributed by atoms with Gasteiger partial charge in [-0.05, 0) is 42.8 Å². The number of hydrogen-bond acceptors (Lipinski definition) is 9. The number of nitrogens with zero attached hydrogens (tertiary/aromatic N) is 8. The molecule has 38 heavy (non-hydrogen) atoms. The number of hydrogen-bond donors (Lipinski definition) is 1. The normalized spacial score (nSPS) is 13.6. The number of amides is 1. The van der Waals surface area contributed by atoms with E-state index in [1.165, 1.54) is 12.4 Å². The largest absolute Gasteiger partial charge is 0.457 e. The summed E-state index contributed by atoms with van der Waals surface area (Å²) >= 11 is 0. The van der Waals surface area contributed by atoms with Gasteiger partial charge in [-0.25, -0.2) is 24.9 Å². The third kappa shape index (κ3) is 4.57. The number of ether oxygens (including phenoxy) is 1. The highest BCUT2D eigenvalue weighted by molar-refractivity contribution is 5.88. The van der Waals surface area contributed by atoms with Gasteiger partial charge in [-0.2, -0.15) is 0 Å². The third-order valence-corrected chi connectivity index (χ3v) is 6.45. The zero-order valence-corrected chi connectivity index (χ0v) is 20.8. The second kappa shape index (κ2) is 9.77. The van der Waals surface area contributed by atoms with Gasteiger partial charge in [0.2, 0.25) is 11.9 Å². The molecule has 11 heteroatoms. The average Bonchev–Trinajstić information content (AvgIpc) is 3.42. The molecule has 0 radical (unpaired) electrons. The molecule has 5 aromatic rings. The van der Waals surface area contributed by atoms with Gasteiger partial charge >= 0.3 is 0 Å². The summed E-state index contributed by atoms with van der Waals surface area (Å²) in [5.41, 5.74) is 3.88. The van der Waals surface area contributed by atoms with E-state index in [1.54, 1.807) is 17.3 Å². The van der Waals surface area contributed by atoms with Crippen LogP contribution in [0, 0.1) is 6.92 Å². The number of nitrogens with one attached hydrogen (secondary N) is 1. The fourth-order valence-corrected chi connectivity index (χ4v) is 4.40. The molecule has 4 aromatic heterocycles. The number of anilines is 3. The maximum atomic E-state index is 11.9. The molecule has 1 fully saturated rings. The van der Waals surface area contributed by atoms with Crippen LogP contribution in [0.4, 0.5) is 17.5 Å². The monoisotopic (exact) mass is 507 g/mol. The number of fused-ring (bicyclic) bond motifs is 2. The summed E-state index contributed by atoms with van der Waals surface area (Å²) in [6.07, 6.45) is 10.1. The van der Waals surface area contributed by atoms with Crippen molar-refractivity contribution >= 4 is 40.0 Å². The molecule has 0 aliphatic carbocycles. The molecule has 1 aliphatic rings. The number of imidazole rings is 1. The molecule has 0 unspecified atom stereocenters. The number of aryl methyl sites for hydroxylation is 1. The predicted molar refractivity (Wildman–Crippen MR) is 144 cm³/mol. The molecular formula is C27H25N9O2. The number of rotatable bonds is 6. The lowest BCUT2D eigenvalue weighted by Crippen LogP contribution is -2.48. The molecule has 6 rings (SSSR count). The molecule has 1 N–H and O–H groups in total. The first-order chi connectivity index (χ1) is 18.6. The molecule has 1 aromatic carbocycles. The number of carbonyl (C=O) groups is 1. The molecule has 1 aliphatic heterocycles. The molecule has 0 atom stereocenters. The number of piperazine rings is 1. The van der Waals surface area contributed by atoms with Crippen molar-refractivity contribution in [2.24, 2.45) is 0 Å². The highest BCUT2D eigenvalue weighted by atomic mass is 16.5. The van der Waals surface area contributed by atoms with Crippen molar-refractivity contribution in [2.45, 2.75) is 6.92 Å². The fourth-order valence-electron chi connectivity index (χ4n) is 4.40. The van der Waals surface area contributed by atoms with Crippen LogP contribution in [0.15, 0.2) is 74.1 Å². The van der Waals surface area contributed by atoms with Crippen molar-refractivity contribution in [3.05, 3.63) is 79.7 Å². The first-order valence-corrected chi connectivity index (χ1v) is 12.2. The number of benzene rings is 1. The van der Waals surface area contributed by atoms with Crippen LogP contribution in [0.5, 0.6) is 11.5 Å². The van der Waals surface area contributed by atoms with E-state index in [0.29, 0.717) is 54.7 Å². The first kappa shape index (κ1) is 23.3. The van der Waals surface area contributed by atoms with Gasteiger partial charge in [0, 0.05) is 56.5 Å². The molecule has 0 spiro atoms. The van der Waals surface area contributed by atoms with E-state index >= 15 is 0 Å². The van der Waals surface area contributed by atoms with Gasteiger partial charge in [0.1, 0.15) is 34.5 Å². The summed E-state index contributed by atoms with van der Waals surface area (Å²) < 4.78 is 8.04. The Bertz CT molecular complexity index is 1660. The van der Waals surface area contributed by atoms with Crippen LogP contribution in [0.2, 0.25) is 0 Å². The van der Waals surface area contributed by atoms with Gasteiger partial charge in [0.05, 0.1) is 6.20 Å². The lowest BCUT2D eigenvalue weighted by molar-refractivity contribution is -0.126. The third-order valence-electron chi connectivity index (χ3n) is 6.45. The molecule has 1 amide bonds. The van der Waals surface area contributed by atoms with E-state index in [2.05, 4.69) is 36.7 Å². The van der Waals surface area contributed by atoms with Gasteiger partial charge in [0.25, 0.3) is 0 Å². The Morgan fingerprint density at radius 2 is 1.92 bits per heavy atom. The quantitative estimate of drug-likeness (QED) is 0.343. The second-order valence-corrected chi connectivity index (χ2v) is 8.91. The van der Waals surface area contributed by atoms with E-state index in [-0.39, 0.29) is 5.91 Å². The zero-order chi connectivity index (χ0) is 26.1. The Kier molecular flexibility index (Phi) is 6.00. The summed E-state index contributed by atoms with van der Waals surface area (Å²) in [6.45, 7) is 8.01. The lowest BCUT2D eigenvalue weighted by Gasteiger charge is -2.34. The molecule has 0 bridgehead atoms. The molecule has 1 saturated heterocycles. The number of pyridine rings is 1. The van der Waals surface area contributed by atoms with Crippen molar-refractivity contribution < 1.29 is 9.53 Å². The molecule has 5 heterocycles. The summed E-state index contributed by atoms with van der Waals surface area (Å²) in [5, 5.41) is 3.37. The Hall–Kier alpha value is -5.06. The van der Waals surface area contributed by atoms with E-state index in [9.17, 15) is 4.79 Å². The lowest BCUT2D eigenvalue weighted by atomic mass is 10.2. The number of carbonyl (C=O) groups excluding carboxylic acids is 1. The van der Waals surface area contributed by atoms with Crippen LogP contribution in [0.25, 0.3) is 16.7 Å². The van der Waals surface area contributed by atoms with Gasteiger partial charge in [0.15, 0.2) is 5.82 Å². The minimum absolute atomic E-state index is 0.0604. The molecule has 0 saturated carbocycles. The fraction of sp³-hybridized carbons (Fsp3) is 0.185. The van der Waals surface area contributed by atoms with Gasteiger partial charge in [-0.3, -0.25) is 4.79 Å². The smallest absolute Gasteiger partial charge is 0.246 e. The van der Waals surface area contributed by atoms with Crippen molar-refractivity contribution in [3.8, 4) is 11.5 Å². The van der Waals surface area contributed by atoms with Crippen molar-refractivity contribution in [1.29, 1.82) is 0 Å². The minimum atomic E-state index is -0.0604. The van der Waals surface area contributed by atoms with E-state index < -0.39 is 0 Å². The molecule has 190 valence electrons. The van der Waals surface area contributed by atoms with Gasteiger partial charge in [-0.15, -0.1) is 0 Å². The van der Waals surface area contributed by atoms with Crippen molar-refractivity contribution in [2.75, 3.05) is 36.4 Å². The highest BCUT2D eigenvalue weighted by Crippen LogP contribution is 2.30. The van der Waals surface area contributed by atoms with Crippen LogP contribution < -0.4 is 15.0 Å². The minimum Gasteiger partial charge on any atom is -0.457 e. The van der Waals surface area contributed by atoms with Gasteiger partial charge < -0.3 is 24.3 Å². The van der Waals surface area contributed by atoms with Crippen LogP contribution in [-0.4, -0.2) is 66.3 Å². The van der Waals surface area contributed by atoms with E-state index in [0.717, 1.165) is 22.6 Å². The maximum absolute atomic E-state index is 11.9. The van der Waals surface area contributed by atoms with Crippen LogP contribution in [0.3, 0.4) is 0 Å². The SMILES string of the molecule is C=CC(=O)N1CCN(c2ncc3ncnc(Nc4ccc(Oc5ccn6ccnc6c5)c(C)c4)c3n2)CC1. The van der Waals surface area contributed by atoms with E-state index in [4.69, 9.17) is 9.72 Å². The second-order valence-electron chi connectivity index (χ2n) is 8.91. The summed E-state index contributed by atoms with van der Waals surface area (Å²) in [6, 6.07) is 9.65. The number of aromatic nitrogens is 6. The Balaban J connectivity index is 1.21. The average molecular weight is 508 g/mol. The predicted octanol–water partition coefficient (Wildman–Crippen LogP) is 3.75. The van der Waals surface area contributed by atoms with Crippen LogP contribution >= 0.6 is 0 Å². The summed E-state index contributed by atoms with van der Waals surface area (Å²) in [4.78, 5) is 38.1. The molecule has 11 nitrogen and oxygen atoms in total.